The Kier molecular flexibility index (Phi) is 4.10. The van der Waals surface area contributed by atoms with Crippen molar-refractivity contribution in [3.63, 3.8) is 0 Å². The van der Waals surface area contributed by atoms with E-state index in [-0.39, 0.29) is 0 Å². The summed E-state index contributed by atoms with van der Waals surface area (Å²) in [5.41, 5.74) is 0. The van der Waals surface area contributed by atoms with Gasteiger partial charge in [0.25, 0.3) is 0 Å². The summed E-state index contributed by atoms with van der Waals surface area (Å²) in [6.45, 7) is 0. The Hall–Kier alpha value is -3.58. The molecule has 0 bridgehead atoms. The fourth-order valence-electron chi connectivity index (χ4n) is 7.03. The summed E-state index contributed by atoms with van der Waals surface area (Å²) < 4.78 is 14.2. The topological polar surface area (TPSA) is 0 Å². The number of hydrogen-bond acceptors (Lipinski definition) is 5. The van der Waals surface area contributed by atoms with Gasteiger partial charge in [-0.25, -0.2) is 0 Å². The van der Waals surface area contributed by atoms with E-state index in [1.54, 1.807) is 0 Å². The first-order valence-electron chi connectivity index (χ1n) is 13.6. The van der Waals surface area contributed by atoms with Crippen molar-refractivity contribution in [3.8, 4) is 0 Å². The minimum absolute atomic E-state index is 1.38. The van der Waals surface area contributed by atoms with Gasteiger partial charge in [-0.1, -0.05) is 72.8 Å². The molecular formula is C36H16S5. The second-order valence-corrected chi connectivity index (χ2v) is 15.9. The highest BCUT2D eigenvalue weighted by Gasteiger charge is 2.26. The lowest BCUT2D eigenvalue weighted by molar-refractivity contribution is 1.86. The van der Waals surface area contributed by atoms with E-state index in [0.29, 0.717) is 0 Å². The minimum Gasteiger partial charge on any atom is -0.134 e. The molecule has 0 aliphatic heterocycles. The Morgan fingerprint density at radius 3 is 0.878 bits per heavy atom. The maximum absolute atomic E-state index is 2.33. The van der Waals surface area contributed by atoms with E-state index < -0.39 is 0 Å². The third-order valence-electron chi connectivity index (χ3n) is 8.66. The summed E-state index contributed by atoms with van der Waals surface area (Å²) in [7, 11) is 0. The van der Waals surface area contributed by atoms with Crippen LogP contribution in [0.25, 0.3) is 101 Å². The Morgan fingerprint density at radius 1 is 0.244 bits per heavy atom. The Balaban J connectivity index is 1.55. The fraction of sp³-hybridized carbons (Fsp3) is 0. The Bertz CT molecular complexity index is 2720. The van der Waals surface area contributed by atoms with Crippen LogP contribution in [0.5, 0.6) is 0 Å². The fourth-order valence-corrected chi connectivity index (χ4v) is 13.7. The molecular weight excluding hydrogens is 593 g/mol. The Morgan fingerprint density at radius 2 is 0.512 bits per heavy atom. The summed E-state index contributed by atoms with van der Waals surface area (Å²) in [6.07, 6.45) is 0. The first kappa shape index (κ1) is 22.1. The van der Waals surface area contributed by atoms with Crippen molar-refractivity contribution in [3.05, 3.63) is 97.1 Å². The van der Waals surface area contributed by atoms with E-state index in [1.165, 1.54) is 101 Å². The molecule has 0 N–H and O–H groups in total. The van der Waals surface area contributed by atoms with Gasteiger partial charge in [0.05, 0.1) is 18.8 Å². The van der Waals surface area contributed by atoms with Crippen LogP contribution in [0.15, 0.2) is 97.1 Å². The third-order valence-corrected chi connectivity index (χ3v) is 14.9. The van der Waals surface area contributed by atoms with Gasteiger partial charge in [-0.05, 0) is 24.3 Å². The highest BCUT2D eigenvalue weighted by atomic mass is 32.1. The van der Waals surface area contributed by atoms with E-state index in [1.807, 2.05) is 56.7 Å². The largest absolute Gasteiger partial charge is 0.134 e. The predicted molar refractivity (Wildman–Crippen MR) is 191 cm³/mol. The second-order valence-electron chi connectivity index (χ2n) is 10.7. The van der Waals surface area contributed by atoms with E-state index >= 15 is 0 Å². The summed E-state index contributed by atoms with van der Waals surface area (Å²) in [4.78, 5) is 0. The van der Waals surface area contributed by atoms with Crippen LogP contribution < -0.4 is 0 Å². The summed E-state index contributed by atoms with van der Waals surface area (Å²) in [6, 6.07) is 36.1. The lowest BCUT2D eigenvalue weighted by atomic mass is 9.99. The molecule has 0 atom stereocenters. The monoisotopic (exact) mass is 608 g/mol. The third kappa shape index (κ3) is 2.62. The van der Waals surface area contributed by atoms with Gasteiger partial charge in [0.15, 0.2) is 0 Å². The lowest BCUT2D eigenvalue weighted by Gasteiger charge is -2.03. The molecule has 0 aliphatic carbocycles. The van der Waals surface area contributed by atoms with Crippen LogP contribution in [0.1, 0.15) is 0 Å². The molecule has 0 saturated carbocycles. The smallest absolute Gasteiger partial charge is 0.0549 e. The normalized spacial score (nSPS) is 12.9. The van der Waals surface area contributed by atoms with Gasteiger partial charge < -0.3 is 0 Å². The van der Waals surface area contributed by atoms with E-state index in [9.17, 15) is 0 Å². The molecule has 5 heterocycles. The lowest BCUT2D eigenvalue weighted by Crippen LogP contribution is -1.75. The van der Waals surface area contributed by atoms with Crippen molar-refractivity contribution in [2.45, 2.75) is 0 Å². The number of thiophene rings is 5. The first-order chi connectivity index (χ1) is 20.3. The minimum atomic E-state index is 1.38. The van der Waals surface area contributed by atoms with Crippen molar-refractivity contribution < 1.29 is 0 Å². The molecule has 6 aromatic carbocycles. The molecule has 5 heteroatoms. The average molecular weight is 609 g/mol. The van der Waals surface area contributed by atoms with Crippen LogP contribution in [0.3, 0.4) is 0 Å². The number of fused-ring (bicyclic) bond motifs is 21. The van der Waals surface area contributed by atoms with Crippen molar-refractivity contribution in [2.24, 2.45) is 0 Å². The van der Waals surface area contributed by atoms with Gasteiger partial charge in [0.1, 0.15) is 0 Å². The zero-order valence-corrected chi connectivity index (χ0v) is 25.4. The summed E-state index contributed by atoms with van der Waals surface area (Å²) in [5, 5.41) is 14.3. The quantitative estimate of drug-likeness (QED) is 0.161. The molecule has 0 spiro atoms. The van der Waals surface area contributed by atoms with Crippen LogP contribution in [0, 0.1) is 0 Å². The van der Waals surface area contributed by atoms with Gasteiger partial charge in [0.2, 0.25) is 0 Å². The summed E-state index contributed by atoms with van der Waals surface area (Å²) in [5.74, 6) is 0. The molecule has 0 fully saturated rings. The first-order valence-corrected chi connectivity index (χ1v) is 17.7. The van der Waals surface area contributed by atoms with Crippen molar-refractivity contribution >= 4 is 158 Å². The SMILES string of the molecule is c1ccc2c(c1)sc1c3sc4c5sc6ccccc6c5c5c6ccccc6sc5c4c3c3sc4ccccc4c3c21. The standard InChI is InChI=1S/C36H16S5/c1-5-13-21-17(9-1)25-27-19-11-3-7-15-23(19)39-33(27)35-29(31(25)37-21)30-32-26(18-10-2-6-14-22(18)38-32)28-20-12-4-8-16-24(20)40-34(28)36(30)41-35/h1-16H. The highest BCUT2D eigenvalue weighted by Crippen LogP contribution is 2.58. The second kappa shape index (κ2) is 7.62. The van der Waals surface area contributed by atoms with Gasteiger partial charge in [-0.15, -0.1) is 56.7 Å². The Labute approximate surface area is 252 Å². The van der Waals surface area contributed by atoms with Crippen LogP contribution in [0.4, 0.5) is 0 Å². The average Bonchev–Trinajstić information content (AvgIpc) is 3.81. The van der Waals surface area contributed by atoms with Crippen molar-refractivity contribution in [1.29, 1.82) is 0 Å². The highest BCUT2D eigenvalue weighted by molar-refractivity contribution is 7.39. The van der Waals surface area contributed by atoms with E-state index in [0.717, 1.165) is 0 Å². The molecule has 190 valence electrons. The molecule has 0 amide bonds. The van der Waals surface area contributed by atoms with Crippen LogP contribution in [-0.4, -0.2) is 0 Å². The van der Waals surface area contributed by atoms with E-state index in [4.69, 9.17) is 0 Å². The number of rotatable bonds is 0. The molecule has 41 heavy (non-hydrogen) atoms. The molecule has 0 aliphatic rings. The van der Waals surface area contributed by atoms with Crippen LogP contribution >= 0.6 is 56.7 Å². The van der Waals surface area contributed by atoms with Crippen molar-refractivity contribution in [2.75, 3.05) is 0 Å². The zero-order valence-electron chi connectivity index (χ0n) is 21.3. The zero-order chi connectivity index (χ0) is 26.4. The van der Waals surface area contributed by atoms with Gasteiger partial charge in [0, 0.05) is 82.1 Å². The summed E-state index contributed by atoms with van der Waals surface area (Å²) >= 11 is 9.95. The maximum Gasteiger partial charge on any atom is 0.0549 e. The molecule has 11 rings (SSSR count). The molecule has 0 saturated heterocycles. The van der Waals surface area contributed by atoms with E-state index in [2.05, 4.69) is 97.1 Å². The maximum atomic E-state index is 2.33. The number of benzene rings is 6. The predicted octanol–water partition coefficient (Wildman–Crippen LogP) is 13.5. The molecule has 11 aromatic rings. The van der Waals surface area contributed by atoms with Crippen LogP contribution in [-0.2, 0) is 0 Å². The van der Waals surface area contributed by atoms with Gasteiger partial charge in [-0.3, -0.25) is 0 Å². The molecule has 0 unspecified atom stereocenters. The van der Waals surface area contributed by atoms with Gasteiger partial charge >= 0.3 is 0 Å². The molecule has 5 aromatic heterocycles. The number of hydrogen-bond donors (Lipinski definition) is 0. The molecule has 0 radical (unpaired) electrons. The molecule has 0 nitrogen and oxygen atoms in total. The van der Waals surface area contributed by atoms with Crippen LogP contribution in [0.2, 0.25) is 0 Å². The van der Waals surface area contributed by atoms with Gasteiger partial charge in [-0.2, -0.15) is 0 Å². The van der Waals surface area contributed by atoms with Crippen molar-refractivity contribution in [1.82, 2.24) is 0 Å².